The minimum absolute atomic E-state index is 0.355. The van der Waals surface area contributed by atoms with E-state index in [1.165, 1.54) is 0 Å². The van der Waals surface area contributed by atoms with Crippen molar-refractivity contribution < 1.29 is 31.3 Å². The molecule has 3 aromatic carbocycles. The van der Waals surface area contributed by atoms with E-state index < -0.39 is 22.6 Å². The van der Waals surface area contributed by atoms with E-state index in [0.717, 1.165) is 16.7 Å². The Morgan fingerprint density at radius 1 is 0.846 bits per heavy atom. The number of hydrogen-bond acceptors (Lipinski definition) is 3. The maximum absolute atomic E-state index is 12.5. The Balaban J connectivity index is 0.000000527. The number of para-hydroxylation sites is 2. The normalized spacial score (nSPS) is 14.8. The van der Waals surface area contributed by atoms with Gasteiger partial charge >= 0.3 is 35.6 Å². The number of carbonyl (C=O) groups excluding carboxylic acids is 1. The van der Waals surface area contributed by atoms with Crippen LogP contribution >= 0.6 is 18.6 Å². The third-order valence-electron chi connectivity index (χ3n) is 4.44. The van der Waals surface area contributed by atoms with Crippen molar-refractivity contribution in [3.8, 4) is 11.5 Å². The molecule has 3 nitrogen and oxygen atoms in total. The van der Waals surface area contributed by atoms with E-state index in [0.29, 0.717) is 17.1 Å². The summed E-state index contributed by atoms with van der Waals surface area (Å²) in [6.07, 6.45) is 0. The first-order valence-corrected chi connectivity index (χ1v) is 12.1. The molecule has 5 rings (SSSR count). The number of fused-ring (bicyclic) bond motifs is 6. The Kier molecular flexibility index (Phi) is 4.81. The zero-order chi connectivity index (χ0) is 18.1. The van der Waals surface area contributed by atoms with Gasteiger partial charge in [0.15, 0.2) is 5.60 Å². The van der Waals surface area contributed by atoms with Crippen molar-refractivity contribution in [3.63, 3.8) is 0 Å². The Hall–Kier alpha value is -1.78. The van der Waals surface area contributed by atoms with Crippen LogP contribution < -0.4 is 4.74 Å². The topological polar surface area (TPSA) is 35.5 Å². The standard InChI is InChI=1S/C20H11O3.2ClH.Ti/c21-19-13-7-1-2-8-14(13)20(23-19)15-9-3-5-11-17(15)22-18-12-6-4-10-16(18)20;;;/h1-6,8-12H;2*1H;/q-1;;;+2/p-2. The number of esters is 1. The van der Waals surface area contributed by atoms with Crippen LogP contribution in [0.4, 0.5) is 0 Å². The van der Waals surface area contributed by atoms with Gasteiger partial charge in [0.1, 0.15) is 11.5 Å². The van der Waals surface area contributed by atoms with E-state index >= 15 is 0 Å². The van der Waals surface area contributed by atoms with Crippen LogP contribution in [0, 0.1) is 6.07 Å². The van der Waals surface area contributed by atoms with Crippen LogP contribution in [0.25, 0.3) is 0 Å². The summed E-state index contributed by atoms with van der Waals surface area (Å²) in [6, 6.07) is 23.9. The van der Waals surface area contributed by atoms with Gasteiger partial charge in [-0.15, -0.1) is 24.3 Å². The monoisotopic (exact) mass is 417 g/mol. The summed E-state index contributed by atoms with van der Waals surface area (Å²) in [5.41, 5.74) is 2.01. The minimum atomic E-state index is -0.963. The number of rotatable bonds is 0. The molecule has 0 atom stereocenters. The summed E-state index contributed by atoms with van der Waals surface area (Å²) in [7, 11) is 9.78. The SMILES string of the molecule is O=C1OC2(c3ccc[c-]c31)c1ccccc1Oc1ccccc12.[Cl][Ti][Cl]. The number of benzene rings is 3. The van der Waals surface area contributed by atoms with Gasteiger partial charge in [0.2, 0.25) is 0 Å². The van der Waals surface area contributed by atoms with Crippen molar-refractivity contribution >= 4 is 24.6 Å². The molecule has 0 saturated carbocycles. The molecule has 2 heterocycles. The summed E-state index contributed by atoms with van der Waals surface area (Å²) in [6.45, 7) is 0. The molecule has 0 N–H and O–H groups in total. The van der Waals surface area contributed by atoms with Crippen molar-refractivity contribution in [1.29, 1.82) is 0 Å². The summed E-state index contributed by atoms with van der Waals surface area (Å²) in [5.74, 6) is 1.05. The van der Waals surface area contributed by atoms with Gasteiger partial charge < -0.3 is 14.3 Å². The first-order valence-electron chi connectivity index (χ1n) is 7.80. The summed E-state index contributed by atoms with van der Waals surface area (Å²) in [4.78, 5) is 12.5. The molecular weight excluding hydrogens is 407 g/mol. The van der Waals surface area contributed by atoms with E-state index in [9.17, 15) is 4.79 Å². The van der Waals surface area contributed by atoms with Crippen LogP contribution in [-0.2, 0) is 27.4 Å². The van der Waals surface area contributed by atoms with Gasteiger partial charge in [-0.05, 0) is 12.1 Å². The van der Waals surface area contributed by atoms with Crippen molar-refractivity contribution in [2.45, 2.75) is 5.60 Å². The average molecular weight is 418 g/mol. The van der Waals surface area contributed by atoms with E-state index in [-0.39, 0.29) is 5.97 Å². The molecule has 0 amide bonds. The summed E-state index contributed by atoms with van der Waals surface area (Å²) < 4.78 is 12.0. The number of hydrogen-bond donors (Lipinski definition) is 0. The molecule has 0 aromatic heterocycles. The molecule has 2 aliphatic rings. The van der Waals surface area contributed by atoms with Gasteiger partial charge in [0.05, 0.1) is 0 Å². The van der Waals surface area contributed by atoms with Crippen LogP contribution in [0.3, 0.4) is 0 Å². The fraction of sp³-hybridized carbons (Fsp3) is 0.0500. The fourth-order valence-electron chi connectivity index (χ4n) is 3.50. The quantitative estimate of drug-likeness (QED) is 0.278. The van der Waals surface area contributed by atoms with E-state index in [2.05, 4.69) is 6.07 Å². The fourth-order valence-corrected chi connectivity index (χ4v) is 3.50. The first kappa shape index (κ1) is 17.6. The van der Waals surface area contributed by atoms with Gasteiger partial charge in [0, 0.05) is 11.1 Å². The first-order chi connectivity index (χ1) is 12.7. The number of halogens is 2. The molecule has 0 saturated heterocycles. The van der Waals surface area contributed by atoms with Gasteiger partial charge in [-0.1, -0.05) is 47.5 Å². The van der Waals surface area contributed by atoms with E-state index in [4.69, 9.17) is 28.1 Å². The average Bonchev–Trinajstić information content (AvgIpc) is 2.97. The molecule has 0 radical (unpaired) electrons. The second kappa shape index (κ2) is 7.09. The number of carbonyl (C=O) groups is 1. The van der Waals surface area contributed by atoms with Crippen LogP contribution in [0.15, 0.2) is 66.7 Å². The van der Waals surface area contributed by atoms with Gasteiger partial charge in [0.25, 0.3) is 5.97 Å². The van der Waals surface area contributed by atoms with Crippen molar-refractivity contribution in [3.05, 3.63) is 95.1 Å². The van der Waals surface area contributed by atoms with Crippen LogP contribution in [0.5, 0.6) is 11.5 Å². The molecule has 0 aliphatic carbocycles. The molecule has 0 unspecified atom stereocenters. The van der Waals surface area contributed by atoms with Crippen LogP contribution in [0.1, 0.15) is 27.0 Å². The molecule has 1 spiro atoms. The summed E-state index contributed by atoms with van der Waals surface area (Å²) in [5, 5.41) is 0. The van der Waals surface area contributed by atoms with Crippen LogP contribution in [0.2, 0.25) is 0 Å². The molecule has 2 aliphatic heterocycles. The molecule has 128 valence electrons. The second-order valence-corrected chi connectivity index (χ2v) is 8.27. The van der Waals surface area contributed by atoms with Crippen molar-refractivity contribution in [2.24, 2.45) is 0 Å². The number of ether oxygens (including phenoxy) is 2. The molecular formula is C20H11Cl2O3Ti-. The molecule has 6 heteroatoms. The van der Waals surface area contributed by atoms with Gasteiger partial charge in [-0.25, -0.2) is 0 Å². The van der Waals surface area contributed by atoms with Crippen LogP contribution in [-0.4, -0.2) is 5.97 Å². The van der Waals surface area contributed by atoms with Gasteiger partial charge in [-0.3, -0.25) is 0 Å². The maximum atomic E-state index is 12.5. The molecule has 3 aromatic rings. The van der Waals surface area contributed by atoms with Crippen molar-refractivity contribution in [1.82, 2.24) is 0 Å². The Morgan fingerprint density at radius 2 is 1.38 bits per heavy atom. The Bertz CT molecular complexity index is 945. The second-order valence-electron chi connectivity index (χ2n) is 5.70. The predicted molar refractivity (Wildman–Crippen MR) is 95.2 cm³/mol. The Labute approximate surface area is 167 Å². The van der Waals surface area contributed by atoms with E-state index in [1.807, 2.05) is 60.7 Å². The zero-order valence-corrected chi connectivity index (χ0v) is 16.4. The molecule has 0 fully saturated rings. The zero-order valence-electron chi connectivity index (χ0n) is 13.3. The van der Waals surface area contributed by atoms with Gasteiger partial charge in [-0.2, -0.15) is 0 Å². The Morgan fingerprint density at radius 3 is 2.00 bits per heavy atom. The predicted octanol–water partition coefficient (Wildman–Crippen LogP) is 5.43. The molecule has 26 heavy (non-hydrogen) atoms. The third-order valence-corrected chi connectivity index (χ3v) is 4.44. The van der Waals surface area contributed by atoms with E-state index in [1.54, 1.807) is 6.07 Å². The third kappa shape index (κ3) is 2.59. The molecule has 0 bridgehead atoms. The summed E-state index contributed by atoms with van der Waals surface area (Å²) >= 11 is -0.556. The van der Waals surface area contributed by atoms with Crippen molar-refractivity contribution in [2.75, 3.05) is 0 Å².